The minimum atomic E-state index is -0.858. The first-order valence-corrected chi connectivity index (χ1v) is 6.09. The van der Waals surface area contributed by atoms with Crippen molar-refractivity contribution in [2.24, 2.45) is 0 Å². The van der Waals surface area contributed by atoms with Crippen LogP contribution in [0.4, 0.5) is 0 Å². The summed E-state index contributed by atoms with van der Waals surface area (Å²) < 4.78 is 10.0. The second-order valence-corrected chi connectivity index (χ2v) is 4.91. The molecule has 19 heavy (non-hydrogen) atoms. The summed E-state index contributed by atoms with van der Waals surface area (Å²) in [5.74, 6) is 0.103. The first-order valence-electron chi connectivity index (χ1n) is 6.09. The van der Waals surface area contributed by atoms with Gasteiger partial charge in [0.15, 0.2) is 0 Å². The first kappa shape index (κ1) is 13.5. The standard InChI is InChI=1S/C12H17N3O4/c1-7(9(16)18-4)15-6-5-12(3,11(15)17)10-14-13-8(2)19-10/h7H,5-6H2,1-4H3. The molecule has 2 rings (SSSR count). The van der Waals surface area contributed by atoms with Crippen molar-refractivity contribution in [1.29, 1.82) is 0 Å². The topological polar surface area (TPSA) is 85.5 Å². The summed E-state index contributed by atoms with van der Waals surface area (Å²) in [4.78, 5) is 25.5. The molecule has 0 spiro atoms. The zero-order chi connectivity index (χ0) is 14.2. The normalized spacial score (nSPS) is 24.6. The van der Waals surface area contributed by atoms with Crippen LogP contribution < -0.4 is 0 Å². The highest BCUT2D eigenvalue weighted by atomic mass is 16.5. The van der Waals surface area contributed by atoms with Gasteiger partial charge in [-0.25, -0.2) is 4.79 Å². The van der Waals surface area contributed by atoms with E-state index in [0.29, 0.717) is 24.7 Å². The number of rotatable bonds is 3. The lowest BCUT2D eigenvalue weighted by atomic mass is 9.89. The minimum absolute atomic E-state index is 0.186. The number of carbonyl (C=O) groups excluding carboxylic acids is 2. The monoisotopic (exact) mass is 267 g/mol. The molecule has 1 aromatic heterocycles. The number of amides is 1. The lowest BCUT2D eigenvalue weighted by molar-refractivity contribution is -0.151. The van der Waals surface area contributed by atoms with Crippen molar-refractivity contribution in [3.63, 3.8) is 0 Å². The van der Waals surface area contributed by atoms with E-state index >= 15 is 0 Å². The van der Waals surface area contributed by atoms with Crippen LogP contribution in [0.15, 0.2) is 4.42 Å². The van der Waals surface area contributed by atoms with Gasteiger partial charge in [-0.3, -0.25) is 4.79 Å². The third-order valence-electron chi connectivity index (χ3n) is 3.59. The number of likely N-dealkylation sites (tertiary alicyclic amines) is 1. The van der Waals surface area contributed by atoms with Gasteiger partial charge in [-0.15, -0.1) is 10.2 Å². The lowest BCUT2D eigenvalue weighted by Gasteiger charge is -2.24. The third kappa shape index (κ3) is 2.09. The van der Waals surface area contributed by atoms with E-state index in [1.165, 1.54) is 12.0 Å². The van der Waals surface area contributed by atoms with Gasteiger partial charge in [-0.1, -0.05) is 0 Å². The van der Waals surface area contributed by atoms with E-state index in [4.69, 9.17) is 4.42 Å². The van der Waals surface area contributed by atoms with Gasteiger partial charge >= 0.3 is 5.97 Å². The number of aryl methyl sites for hydroxylation is 1. The zero-order valence-corrected chi connectivity index (χ0v) is 11.5. The predicted octanol–water partition coefficient (Wildman–Crippen LogP) is 0.430. The van der Waals surface area contributed by atoms with Crippen molar-refractivity contribution in [2.75, 3.05) is 13.7 Å². The first-order chi connectivity index (χ1) is 8.90. The maximum absolute atomic E-state index is 12.5. The summed E-state index contributed by atoms with van der Waals surface area (Å²) in [6, 6.07) is -0.608. The Balaban J connectivity index is 2.24. The summed E-state index contributed by atoms with van der Waals surface area (Å²) in [7, 11) is 1.31. The maximum atomic E-state index is 12.5. The van der Waals surface area contributed by atoms with Crippen molar-refractivity contribution in [2.45, 2.75) is 38.6 Å². The molecule has 0 saturated carbocycles. The van der Waals surface area contributed by atoms with Gasteiger partial charge in [-0.05, 0) is 20.3 Å². The summed E-state index contributed by atoms with van der Waals surface area (Å²) in [6.45, 7) is 5.54. The molecule has 1 saturated heterocycles. The number of hydrogen-bond donors (Lipinski definition) is 0. The van der Waals surface area contributed by atoms with Crippen LogP contribution in [0.5, 0.6) is 0 Å². The molecule has 0 bridgehead atoms. The average Bonchev–Trinajstić information content (AvgIpc) is 2.95. The number of nitrogens with zero attached hydrogens (tertiary/aromatic N) is 3. The summed E-state index contributed by atoms with van der Waals surface area (Å²) in [5, 5.41) is 7.68. The van der Waals surface area contributed by atoms with Crippen LogP contribution in [0.25, 0.3) is 0 Å². The average molecular weight is 267 g/mol. The molecule has 1 amide bonds. The van der Waals surface area contributed by atoms with Crippen molar-refractivity contribution in [3.05, 3.63) is 11.8 Å². The lowest BCUT2D eigenvalue weighted by Crippen LogP contribution is -2.44. The molecule has 2 heterocycles. The van der Waals surface area contributed by atoms with E-state index in [1.807, 2.05) is 0 Å². The van der Waals surface area contributed by atoms with E-state index < -0.39 is 17.4 Å². The van der Waals surface area contributed by atoms with Gasteiger partial charge in [0.2, 0.25) is 17.7 Å². The maximum Gasteiger partial charge on any atom is 0.328 e. The van der Waals surface area contributed by atoms with Crippen LogP contribution in [0.3, 0.4) is 0 Å². The van der Waals surface area contributed by atoms with Gasteiger partial charge in [0.25, 0.3) is 0 Å². The van der Waals surface area contributed by atoms with Gasteiger partial charge in [0.1, 0.15) is 11.5 Å². The molecule has 0 radical (unpaired) electrons. The van der Waals surface area contributed by atoms with Crippen molar-refractivity contribution in [1.82, 2.24) is 15.1 Å². The van der Waals surface area contributed by atoms with E-state index in [-0.39, 0.29) is 5.91 Å². The molecular weight excluding hydrogens is 250 g/mol. The highest BCUT2D eigenvalue weighted by Crippen LogP contribution is 2.35. The largest absolute Gasteiger partial charge is 0.467 e. The van der Waals surface area contributed by atoms with Crippen LogP contribution in [-0.2, 0) is 19.7 Å². The molecule has 2 unspecified atom stereocenters. The Morgan fingerprint density at radius 3 is 2.74 bits per heavy atom. The van der Waals surface area contributed by atoms with Crippen LogP contribution in [0.2, 0.25) is 0 Å². The Labute approximate surface area is 110 Å². The smallest absolute Gasteiger partial charge is 0.328 e. The zero-order valence-electron chi connectivity index (χ0n) is 11.5. The van der Waals surface area contributed by atoms with Gasteiger partial charge < -0.3 is 14.1 Å². The molecular formula is C12H17N3O4. The molecule has 104 valence electrons. The van der Waals surface area contributed by atoms with Gasteiger partial charge in [0.05, 0.1) is 7.11 Å². The molecule has 1 aliphatic heterocycles. The molecule has 1 aliphatic rings. The Kier molecular flexibility index (Phi) is 3.30. The van der Waals surface area contributed by atoms with Crippen LogP contribution in [-0.4, -0.2) is 46.7 Å². The molecule has 0 aliphatic carbocycles. The summed E-state index contributed by atoms with van der Waals surface area (Å²) in [6.07, 6.45) is 0.537. The quantitative estimate of drug-likeness (QED) is 0.738. The van der Waals surface area contributed by atoms with E-state index in [2.05, 4.69) is 14.9 Å². The fourth-order valence-electron chi connectivity index (χ4n) is 2.25. The molecule has 7 heteroatoms. The summed E-state index contributed by atoms with van der Waals surface area (Å²) >= 11 is 0. The molecule has 2 atom stereocenters. The molecule has 1 fully saturated rings. The highest BCUT2D eigenvalue weighted by molar-refractivity contribution is 5.92. The Morgan fingerprint density at radius 2 is 2.21 bits per heavy atom. The van der Waals surface area contributed by atoms with Crippen LogP contribution in [0.1, 0.15) is 32.0 Å². The van der Waals surface area contributed by atoms with E-state index in [0.717, 1.165) is 0 Å². The Bertz CT molecular complexity index is 513. The fourth-order valence-corrected chi connectivity index (χ4v) is 2.25. The molecule has 7 nitrogen and oxygen atoms in total. The van der Waals surface area contributed by atoms with Crippen molar-refractivity contribution >= 4 is 11.9 Å². The van der Waals surface area contributed by atoms with Gasteiger partial charge in [0, 0.05) is 13.5 Å². The van der Waals surface area contributed by atoms with Crippen LogP contribution in [0, 0.1) is 6.92 Å². The Morgan fingerprint density at radius 1 is 1.53 bits per heavy atom. The van der Waals surface area contributed by atoms with Gasteiger partial charge in [-0.2, -0.15) is 0 Å². The minimum Gasteiger partial charge on any atom is -0.467 e. The fraction of sp³-hybridized carbons (Fsp3) is 0.667. The second-order valence-electron chi connectivity index (χ2n) is 4.91. The third-order valence-corrected chi connectivity index (χ3v) is 3.59. The van der Waals surface area contributed by atoms with E-state index in [9.17, 15) is 9.59 Å². The number of aromatic nitrogens is 2. The number of ether oxygens (including phenoxy) is 1. The van der Waals surface area contributed by atoms with Crippen molar-refractivity contribution in [3.8, 4) is 0 Å². The number of hydrogen-bond acceptors (Lipinski definition) is 6. The number of esters is 1. The molecule has 1 aromatic rings. The number of carbonyl (C=O) groups is 2. The van der Waals surface area contributed by atoms with E-state index in [1.54, 1.807) is 20.8 Å². The van der Waals surface area contributed by atoms with Crippen molar-refractivity contribution < 1.29 is 18.7 Å². The molecule has 0 N–H and O–H groups in total. The second kappa shape index (κ2) is 4.64. The molecule has 0 aromatic carbocycles. The SMILES string of the molecule is COC(=O)C(C)N1CCC(C)(c2nnc(C)o2)C1=O. The highest BCUT2D eigenvalue weighted by Gasteiger charge is 2.50. The summed E-state index contributed by atoms with van der Waals surface area (Å²) in [5.41, 5.74) is -0.858. The predicted molar refractivity (Wildman–Crippen MR) is 64.2 cm³/mol. The van der Waals surface area contributed by atoms with Crippen LogP contribution >= 0.6 is 0 Å². The Hall–Kier alpha value is -1.92. The number of methoxy groups -OCH3 is 1.